The minimum absolute atomic E-state index is 0.0722. The number of allylic oxidation sites excluding steroid dienone is 1. The summed E-state index contributed by atoms with van der Waals surface area (Å²) in [5, 5.41) is 0. The molecule has 0 saturated carbocycles. The maximum atomic E-state index is 11.0. The van der Waals surface area contributed by atoms with E-state index < -0.39 is 5.60 Å². The van der Waals surface area contributed by atoms with Crippen molar-refractivity contribution < 1.29 is 19.3 Å². The minimum Gasteiger partial charge on any atom is -0.345 e. The van der Waals surface area contributed by atoms with Crippen LogP contribution in [0.2, 0.25) is 0 Å². The van der Waals surface area contributed by atoms with Gasteiger partial charge in [0.25, 0.3) is 0 Å². The van der Waals surface area contributed by atoms with E-state index in [1.807, 2.05) is 6.92 Å². The van der Waals surface area contributed by atoms with E-state index in [1.54, 1.807) is 6.08 Å². The van der Waals surface area contributed by atoms with E-state index in [-0.39, 0.29) is 18.7 Å². The molecule has 66 valence electrons. The zero-order valence-corrected chi connectivity index (χ0v) is 6.78. The number of hydrogen-bond donors (Lipinski definition) is 0. The lowest BCUT2D eigenvalue weighted by molar-refractivity contribution is -0.439. The van der Waals surface area contributed by atoms with Crippen molar-refractivity contribution in [1.29, 1.82) is 0 Å². The van der Waals surface area contributed by atoms with Gasteiger partial charge >= 0.3 is 0 Å². The highest BCUT2D eigenvalue weighted by Crippen LogP contribution is 2.30. The highest BCUT2D eigenvalue weighted by atomic mass is 17.2. The van der Waals surface area contributed by atoms with E-state index in [0.717, 1.165) is 0 Å². The van der Waals surface area contributed by atoms with Gasteiger partial charge in [-0.2, -0.15) is 0 Å². The molecular formula is C8H10O4. The Bertz CT molecular complexity index is 235. The van der Waals surface area contributed by atoms with E-state index in [1.165, 1.54) is 6.08 Å². The van der Waals surface area contributed by atoms with Crippen LogP contribution < -0.4 is 0 Å². The summed E-state index contributed by atoms with van der Waals surface area (Å²) in [5.74, 6) is 0.0722. The van der Waals surface area contributed by atoms with Crippen molar-refractivity contribution in [2.24, 2.45) is 0 Å². The third-order valence-electron chi connectivity index (χ3n) is 2.18. The monoisotopic (exact) mass is 170 g/mol. The molecular weight excluding hydrogens is 160 g/mol. The minimum atomic E-state index is -0.591. The van der Waals surface area contributed by atoms with Gasteiger partial charge in [0.2, 0.25) is 0 Å². The molecule has 4 heteroatoms. The second kappa shape index (κ2) is 2.65. The number of carbonyl (C=O) groups excluding carboxylic acids is 1. The van der Waals surface area contributed by atoms with Gasteiger partial charge < -0.3 is 4.74 Å². The zero-order valence-electron chi connectivity index (χ0n) is 6.78. The highest BCUT2D eigenvalue weighted by Gasteiger charge is 2.42. The van der Waals surface area contributed by atoms with Gasteiger partial charge in [-0.05, 0) is 19.1 Å². The predicted octanol–water partition coefficient (Wildman–Crippen LogP) is 0.579. The predicted molar refractivity (Wildman–Crippen MR) is 39.1 cm³/mol. The van der Waals surface area contributed by atoms with Crippen LogP contribution in [0.25, 0.3) is 0 Å². The average molecular weight is 170 g/mol. The Morgan fingerprint density at radius 2 is 2.50 bits per heavy atom. The van der Waals surface area contributed by atoms with E-state index in [2.05, 4.69) is 0 Å². The van der Waals surface area contributed by atoms with Crippen molar-refractivity contribution in [2.75, 3.05) is 6.79 Å². The molecule has 2 atom stereocenters. The van der Waals surface area contributed by atoms with Crippen LogP contribution in [-0.4, -0.2) is 24.3 Å². The Labute approximate surface area is 70.0 Å². The van der Waals surface area contributed by atoms with Crippen LogP contribution in [0.15, 0.2) is 12.2 Å². The molecule has 1 aliphatic carbocycles. The van der Waals surface area contributed by atoms with Crippen molar-refractivity contribution in [2.45, 2.75) is 25.0 Å². The summed E-state index contributed by atoms with van der Waals surface area (Å²) < 4.78 is 5.24. The molecule has 4 nitrogen and oxygen atoms in total. The molecule has 0 aromatic heterocycles. The fraction of sp³-hybridized carbons (Fsp3) is 0.625. The first-order valence-corrected chi connectivity index (χ1v) is 3.85. The molecule has 0 amide bonds. The number of ether oxygens (including phenoxy) is 1. The van der Waals surface area contributed by atoms with Crippen molar-refractivity contribution >= 4 is 5.78 Å². The molecule has 0 unspecified atom stereocenters. The zero-order chi connectivity index (χ0) is 8.60. The molecule has 0 radical (unpaired) electrons. The molecule has 12 heavy (non-hydrogen) atoms. The number of rotatable bonds is 0. The molecule has 0 bridgehead atoms. The van der Waals surface area contributed by atoms with Crippen LogP contribution in [0, 0.1) is 0 Å². The van der Waals surface area contributed by atoms with Crippen LogP contribution in [0.1, 0.15) is 13.3 Å². The third kappa shape index (κ3) is 1.18. The van der Waals surface area contributed by atoms with Crippen LogP contribution in [-0.2, 0) is 19.3 Å². The second-order valence-corrected chi connectivity index (χ2v) is 3.16. The molecule has 2 aliphatic rings. The van der Waals surface area contributed by atoms with Crippen molar-refractivity contribution in [3.63, 3.8) is 0 Å². The summed E-state index contributed by atoms with van der Waals surface area (Å²) in [6.07, 6.45) is 3.36. The first-order valence-electron chi connectivity index (χ1n) is 3.85. The molecule has 2 rings (SSSR count). The molecule has 0 spiro atoms. The quantitative estimate of drug-likeness (QED) is 0.499. The molecule has 1 saturated heterocycles. The number of ketones is 1. The fourth-order valence-electron chi connectivity index (χ4n) is 1.39. The molecule has 1 heterocycles. The summed E-state index contributed by atoms with van der Waals surface area (Å²) in [7, 11) is 0. The SMILES string of the molecule is C[C@@]12C=CC(=O)C[C@@H]1OCOO2. The summed E-state index contributed by atoms with van der Waals surface area (Å²) in [5.41, 5.74) is -0.591. The Kier molecular flexibility index (Phi) is 1.75. The van der Waals surface area contributed by atoms with Gasteiger partial charge in [-0.25, -0.2) is 9.78 Å². The summed E-state index contributed by atoms with van der Waals surface area (Å²) >= 11 is 0. The first kappa shape index (κ1) is 7.91. The fourth-order valence-corrected chi connectivity index (χ4v) is 1.39. The number of hydrogen-bond acceptors (Lipinski definition) is 4. The number of fused-ring (bicyclic) bond motifs is 1. The molecule has 1 fully saturated rings. The van der Waals surface area contributed by atoms with Gasteiger partial charge in [0, 0.05) is 6.42 Å². The topological polar surface area (TPSA) is 44.8 Å². The van der Waals surface area contributed by atoms with Crippen molar-refractivity contribution in [1.82, 2.24) is 0 Å². The lowest BCUT2D eigenvalue weighted by Crippen LogP contribution is -2.49. The molecule has 0 N–H and O–H groups in total. The van der Waals surface area contributed by atoms with E-state index in [9.17, 15) is 4.79 Å². The molecule has 0 aromatic rings. The van der Waals surface area contributed by atoms with Gasteiger partial charge in [-0.1, -0.05) is 0 Å². The summed E-state index contributed by atoms with van der Waals surface area (Å²) in [4.78, 5) is 20.7. The van der Waals surface area contributed by atoms with Gasteiger partial charge in [0.1, 0.15) is 11.7 Å². The van der Waals surface area contributed by atoms with E-state index >= 15 is 0 Å². The standard InChI is InChI=1S/C8H10O4/c1-8-3-2-6(9)4-7(8)10-5-11-12-8/h2-3,7H,4-5H2,1H3/t7-,8+/m0/s1. The largest absolute Gasteiger partial charge is 0.345 e. The second-order valence-electron chi connectivity index (χ2n) is 3.16. The highest BCUT2D eigenvalue weighted by molar-refractivity contribution is 5.91. The molecule has 0 aromatic carbocycles. The van der Waals surface area contributed by atoms with E-state index in [0.29, 0.717) is 6.42 Å². The average Bonchev–Trinajstić information content (AvgIpc) is 2.06. The Morgan fingerprint density at radius 3 is 3.33 bits per heavy atom. The van der Waals surface area contributed by atoms with Crippen molar-refractivity contribution in [3.05, 3.63) is 12.2 Å². The van der Waals surface area contributed by atoms with Crippen LogP contribution in [0.5, 0.6) is 0 Å². The van der Waals surface area contributed by atoms with Gasteiger partial charge in [0.15, 0.2) is 12.6 Å². The maximum Gasteiger partial charge on any atom is 0.181 e. The van der Waals surface area contributed by atoms with Gasteiger partial charge in [-0.15, -0.1) is 0 Å². The Balaban J connectivity index is 2.23. The lowest BCUT2D eigenvalue weighted by Gasteiger charge is -2.38. The van der Waals surface area contributed by atoms with Crippen LogP contribution in [0.4, 0.5) is 0 Å². The lowest BCUT2D eigenvalue weighted by atomic mass is 9.89. The Hall–Kier alpha value is -0.710. The maximum absolute atomic E-state index is 11.0. The van der Waals surface area contributed by atoms with Gasteiger partial charge in [0.05, 0.1) is 0 Å². The smallest absolute Gasteiger partial charge is 0.181 e. The van der Waals surface area contributed by atoms with Crippen LogP contribution in [0.3, 0.4) is 0 Å². The number of carbonyl (C=O) groups is 1. The van der Waals surface area contributed by atoms with E-state index in [4.69, 9.17) is 14.5 Å². The van der Waals surface area contributed by atoms with Crippen LogP contribution >= 0.6 is 0 Å². The Morgan fingerprint density at radius 1 is 1.67 bits per heavy atom. The summed E-state index contributed by atoms with van der Waals surface area (Å²) in [6.45, 7) is 1.93. The van der Waals surface area contributed by atoms with Crippen molar-refractivity contribution in [3.8, 4) is 0 Å². The first-order chi connectivity index (χ1) is 5.71. The van der Waals surface area contributed by atoms with Gasteiger partial charge in [-0.3, -0.25) is 4.79 Å². The summed E-state index contributed by atoms with van der Waals surface area (Å²) in [6, 6.07) is 0. The third-order valence-corrected chi connectivity index (χ3v) is 2.18. The molecule has 1 aliphatic heterocycles. The normalized spacial score (nSPS) is 41.1.